The van der Waals surface area contributed by atoms with Crippen LogP contribution in [0.15, 0.2) is 24.3 Å². The number of allylic oxidation sites excluding steroid dienone is 4. The van der Waals surface area contributed by atoms with Crippen molar-refractivity contribution in [2.75, 3.05) is 13.6 Å². The SMILES string of the molecule is CC1CC2C=CC1C2.CNCC1C2C=CC(C2)C1C. The number of nitrogens with one attached hydrogen (secondary N) is 1. The minimum absolute atomic E-state index is 0.891. The van der Waals surface area contributed by atoms with Crippen LogP contribution in [0.1, 0.15) is 33.1 Å². The van der Waals surface area contributed by atoms with Crippen molar-refractivity contribution in [3.63, 3.8) is 0 Å². The van der Waals surface area contributed by atoms with E-state index in [9.17, 15) is 0 Å². The Morgan fingerprint density at radius 1 is 0.895 bits per heavy atom. The maximum Gasteiger partial charge on any atom is -0.00151 e. The summed E-state index contributed by atoms with van der Waals surface area (Å²) in [6.07, 6.45) is 14.0. The normalized spacial score (nSPS) is 48.7. The molecule has 4 aliphatic carbocycles. The van der Waals surface area contributed by atoms with Gasteiger partial charge in [0, 0.05) is 0 Å². The van der Waals surface area contributed by atoms with Crippen LogP contribution in [0.4, 0.5) is 0 Å². The molecule has 2 saturated carbocycles. The first-order chi connectivity index (χ1) is 9.19. The van der Waals surface area contributed by atoms with E-state index in [1.807, 2.05) is 0 Å². The van der Waals surface area contributed by atoms with E-state index < -0.39 is 0 Å². The Morgan fingerprint density at radius 3 is 2.05 bits per heavy atom. The molecule has 7 atom stereocenters. The van der Waals surface area contributed by atoms with Gasteiger partial charge in [0.1, 0.15) is 0 Å². The molecule has 0 aromatic heterocycles. The molecule has 0 spiro atoms. The first-order valence-electron chi connectivity index (χ1n) is 8.20. The van der Waals surface area contributed by atoms with E-state index in [2.05, 4.69) is 50.5 Å². The summed E-state index contributed by atoms with van der Waals surface area (Å²) in [5.74, 6) is 6.54. The lowest BCUT2D eigenvalue weighted by molar-refractivity contribution is 0.327. The lowest BCUT2D eigenvalue weighted by Crippen LogP contribution is -2.27. The summed E-state index contributed by atoms with van der Waals surface area (Å²) >= 11 is 0. The van der Waals surface area contributed by atoms with Crippen molar-refractivity contribution >= 4 is 0 Å². The molecule has 4 rings (SSSR count). The molecule has 4 aliphatic rings. The average molecular weight is 259 g/mol. The van der Waals surface area contributed by atoms with Crippen molar-refractivity contribution in [1.29, 1.82) is 0 Å². The van der Waals surface area contributed by atoms with E-state index >= 15 is 0 Å². The Labute approximate surface area is 118 Å². The molecule has 0 aromatic carbocycles. The van der Waals surface area contributed by atoms with Crippen LogP contribution in [0.3, 0.4) is 0 Å². The molecule has 0 saturated heterocycles. The largest absolute Gasteiger partial charge is 0.319 e. The monoisotopic (exact) mass is 259 g/mol. The zero-order valence-electron chi connectivity index (χ0n) is 12.7. The quantitative estimate of drug-likeness (QED) is 0.742. The second kappa shape index (κ2) is 5.44. The molecule has 19 heavy (non-hydrogen) atoms. The van der Waals surface area contributed by atoms with Crippen LogP contribution in [0.5, 0.6) is 0 Å². The summed E-state index contributed by atoms with van der Waals surface area (Å²) in [7, 11) is 2.06. The maximum atomic E-state index is 3.29. The molecular weight excluding hydrogens is 230 g/mol. The van der Waals surface area contributed by atoms with Crippen LogP contribution in [0.2, 0.25) is 0 Å². The molecule has 1 nitrogen and oxygen atoms in total. The van der Waals surface area contributed by atoms with Gasteiger partial charge < -0.3 is 5.32 Å². The smallest absolute Gasteiger partial charge is 0.00151 e. The van der Waals surface area contributed by atoms with Gasteiger partial charge in [0.2, 0.25) is 0 Å². The molecule has 0 aliphatic heterocycles. The highest BCUT2D eigenvalue weighted by Crippen LogP contribution is 2.47. The second-order valence-corrected chi connectivity index (χ2v) is 7.29. The van der Waals surface area contributed by atoms with Crippen molar-refractivity contribution in [3.8, 4) is 0 Å². The van der Waals surface area contributed by atoms with Gasteiger partial charge in [-0.3, -0.25) is 0 Å². The molecular formula is C18H29N. The van der Waals surface area contributed by atoms with E-state index in [0.717, 1.165) is 41.4 Å². The summed E-state index contributed by atoms with van der Waals surface area (Å²) < 4.78 is 0. The maximum absolute atomic E-state index is 3.29. The van der Waals surface area contributed by atoms with Crippen LogP contribution in [0.25, 0.3) is 0 Å². The Bertz CT molecular complexity index is 370. The van der Waals surface area contributed by atoms with Gasteiger partial charge in [-0.05, 0) is 74.3 Å². The van der Waals surface area contributed by atoms with Crippen molar-refractivity contribution in [3.05, 3.63) is 24.3 Å². The summed E-state index contributed by atoms with van der Waals surface area (Å²) in [5.41, 5.74) is 0. The Balaban J connectivity index is 0.000000122. The second-order valence-electron chi connectivity index (χ2n) is 7.29. The fourth-order valence-electron chi connectivity index (χ4n) is 4.80. The van der Waals surface area contributed by atoms with Gasteiger partial charge in [-0.25, -0.2) is 0 Å². The highest BCUT2D eigenvalue weighted by Gasteiger charge is 2.40. The lowest BCUT2D eigenvalue weighted by atomic mass is 9.84. The van der Waals surface area contributed by atoms with Crippen LogP contribution < -0.4 is 5.32 Å². The molecule has 0 amide bonds. The van der Waals surface area contributed by atoms with Gasteiger partial charge >= 0.3 is 0 Å². The summed E-state index contributed by atoms with van der Waals surface area (Å²) in [5, 5.41) is 3.29. The van der Waals surface area contributed by atoms with E-state index in [0.29, 0.717) is 0 Å². The third kappa shape index (κ3) is 2.54. The van der Waals surface area contributed by atoms with Gasteiger partial charge in [-0.1, -0.05) is 38.2 Å². The van der Waals surface area contributed by atoms with Crippen molar-refractivity contribution in [1.82, 2.24) is 5.32 Å². The average Bonchev–Trinajstić information content (AvgIpc) is 3.13. The van der Waals surface area contributed by atoms with Crippen LogP contribution in [-0.2, 0) is 0 Å². The van der Waals surface area contributed by atoms with Crippen molar-refractivity contribution < 1.29 is 0 Å². The van der Waals surface area contributed by atoms with Gasteiger partial charge in [-0.2, -0.15) is 0 Å². The van der Waals surface area contributed by atoms with E-state index in [1.165, 1.54) is 25.8 Å². The fraction of sp³-hybridized carbons (Fsp3) is 0.778. The summed E-state index contributed by atoms with van der Waals surface area (Å²) in [6, 6.07) is 0. The lowest BCUT2D eigenvalue weighted by Gasteiger charge is -2.24. The minimum atomic E-state index is 0.891. The third-order valence-electron chi connectivity index (χ3n) is 6.10. The van der Waals surface area contributed by atoms with Crippen molar-refractivity contribution in [2.24, 2.45) is 41.4 Å². The van der Waals surface area contributed by atoms with Crippen LogP contribution in [-0.4, -0.2) is 13.6 Å². The predicted octanol–water partition coefficient (Wildman–Crippen LogP) is 3.88. The molecule has 2 fully saturated rings. The number of hydrogen-bond donors (Lipinski definition) is 1. The zero-order valence-corrected chi connectivity index (χ0v) is 12.7. The number of rotatable bonds is 2. The Kier molecular flexibility index (Phi) is 3.84. The first-order valence-corrected chi connectivity index (χ1v) is 8.20. The highest BCUT2D eigenvalue weighted by molar-refractivity contribution is 5.13. The van der Waals surface area contributed by atoms with E-state index in [-0.39, 0.29) is 0 Å². The molecule has 0 aromatic rings. The van der Waals surface area contributed by atoms with E-state index in [4.69, 9.17) is 0 Å². The topological polar surface area (TPSA) is 12.0 Å². The van der Waals surface area contributed by atoms with Gasteiger partial charge in [0.25, 0.3) is 0 Å². The molecule has 106 valence electrons. The molecule has 7 unspecified atom stereocenters. The molecule has 0 radical (unpaired) electrons. The minimum Gasteiger partial charge on any atom is -0.319 e. The van der Waals surface area contributed by atoms with Gasteiger partial charge in [-0.15, -0.1) is 0 Å². The first kappa shape index (κ1) is 13.4. The number of hydrogen-bond acceptors (Lipinski definition) is 1. The summed E-state index contributed by atoms with van der Waals surface area (Å²) in [4.78, 5) is 0. The molecule has 1 N–H and O–H groups in total. The summed E-state index contributed by atoms with van der Waals surface area (Å²) in [6.45, 7) is 5.97. The predicted molar refractivity (Wildman–Crippen MR) is 81.8 cm³/mol. The standard InChI is InChI=1S/C10H17N.C8H12/c1-7-8-3-4-9(5-8)10(7)6-11-2;1-6-4-7-2-3-8(6)5-7/h3-4,7-11H,5-6H2,1-2H3;2-3,6-8H,4-5H2,1H3. The molecule has 4 bridgehead atoms. The third-order valence-corrected chi connectivity index (χ3v) is 6.10. The zero-order chi connectivity index (χ0) is 13.4. The fourth-order valence-corrected chi connectivity index (χ4v) is 4.80. The van der Waals surface area contributed by atoms with Gasteiger partial charge in [0.15, 0.2) is 0 Å². The van der Waals surface area contributed by atoms with Crippen molar-refractivity contribution in [2.45, 2.75) is 33.1 Å². The van der Waals surface area contributed by atoms with Gasteiger partial charge in [0.05, 0.1) is 0 Å². The van der Waals surface area contributed by atoms with E-state index in [1.54, 1.807) is 0 Å². The number of fused-ring (bicyclic) bond motifs is 4. The Morgan fingerprint density at radius 2 is 1.63 bits per heavy atom. The Hall–Kier alpha value is -0.560. The molecule has 1 heteroatoms. The van der Waals surface area contributed by atoms with Crippen LogP contribution in [0, 0.1) is 41.4 Å². The highest BCUT2D eigenvalue weighted by atomic mass is 14.8. The van der Waals surface area contributed by atoms with Crippen LogP contribution >= 0.6 is 0 Å². The molecule has 0 heterocycles.